The zero-order valence-corrected chi connectivity index (χ0v) is 12.4. The van der Waals surface area contributed by atoms with Crippen molar-refractivity contribution in [3.05, 3.63) is 0 Å². The molecule has 0 rings (SSSR count). The molecule has 0 amide bonds. The van der Waals surface area contributed by atoms with Crippen LogP contribution in [0.1, 0.15) is 19.8 Å². The molecule has 0 aliphatic rings. The lowest BCUT2D eigenvalue weighted by atomic mass is 10.4. The molecular formula is C10H21F3N4O2S. The van der Waals surface area contributed by atoms with E-state index < -0.39 is 22.6 Å². The summed E-state index contributed by atoms with van der Waals surface area (Å²) in [6, 6.07) is 0. The average Bonchev–Trinajstić information content (AvgIpc) is 2.25. The summed E-state index contributed by atoms with van der Waals surface area (Å²) < 4.78 is 59.9. The first-order valence-corrected chi connectivity index (χ1v) is 8.07. The molecule has 6 nitrogen and oxygen atoms in total. The third kappa shape index (κ3) is 13.4. The maximum Gasteiger partial charge on any atom is 0.390 e. The number of hydrogen-bond donors (Lipinski definition) is 3. The summed E-state index contributed by atoms with van der Waals surface area (Å²) in [5.74, 6) is 0.288. The molecule has 0 aliphatic heterocycles. The van der Waals surface area contributed by atoms with Crippen molar-refractivity contribution in [3.63, 3.8) is 0 Å². The van der Waals surface area contributed by atoms with E-state index in [-0.39, 0.29) is 19.0 Å². The van der Waals surface area contributed by atoms with Crippen molar-refractivity contribution in [1.82, 2.24) is 15.4 Å². The molecule has 20 heavy (non-hydrogen) atoms. The Balaban J connectivity index is 4.01. The molecular weight excluding hydrogens is 297 g/mol. The first-order valence-electron chi connectivity index (χ1n) is 6.17. The standard InChI is InChI=1S/C10H21F3N4O2S/c1-3-14-9(16-8-5-10(11,12)13)15-6-4-7-17-20(2,18)19/h17H,3-8H2,1-2H3,(H2,14,15,16). The van der Waals surface area contributed by atoms with Crippen LogP contribution in [0.15, 0.2) is 4.99 Å². The molecule has 0 saturated heterocycles. The molecule has 0 saturated carbocycles. The molecule has 10 heteroatoms. The van der Waals surface area contributed by atoms with E-state index in [1.165, 1.54) is 0 Å². The molecule has 0 aromatic rings. The van der Waals surface area contributed by atoms with Gasteiger partial charge in [-0.15, -0.1) is 0 Å². The smallest absolute Gasteiger partial charge is 0.357 e. The van der Waals surface area contributed by atoms with Gasteiger partial charge in [-0.05, 0) is 13.3 Å². The van der Waals surface area contributed by atoms with Crippen molar-refractivity contribution in [2.75, 3.05) is 32.4 Å². The van der Waals surface area contributed by atoms with E-state index >= 15 is 0 Å². The van der Waals surface area contributed by atoms with Gasteiger partial charge in [0.05, 0.1) is 12.7 Å². The highest BCUT2D eigenvalue weighted by Gasteiger charge is 2.26. The van der Waals surface area contributed by atoms with Crippen LogP contribution in [0.3, 0.4) is 0 Å². The zero-order valence-electron chi connectivity index (χ0n) is 11.5. The minimum absolute atomic E-state index is 0.240. The SMILES string of the molecule is CCNC(=NCCCNS(C)(=O)=O)NCCC(F)(F)F. The Bertz CT molecular complexity index is 396. The van der Waals surface area contributed by atoms with Crippen LogP contribution in [0, 0.1) is 0 Å². The number of sulfonamides is 1. The number of aliphatic imine (C=N–C) groups is 1. The molecule has 0 spiro atoms. The highest BCUT2D eigenvalue weighted by atomic mass is 32.2. The number of rotatable bonds is 8. The van der Waals surface area contributed by atoms with Gasteiger partial charge in [0.15, 0.2) is 5.96 Å². The monoisotopic (exact) mass is 318 g/mol. The highest BCUT2D eigenvalue weighted by Crippen LogP contribution is 2.17. The average molecular weight is 318 g/mol. The van der Waals surface area contributed by atoms with Gasteiger partial charge in [-0.25, -0.2) is 13.1 Å². The Morgan fingerprint density at radius 3 is 2.35 bits per heavy atom. The van der Waals surface area contributed by atoms with Crippen LogP contribution in [0.4, 0.5) is 13.2 Å². The largest absolute Gasteiger partial charge is 0.390 e. The number of alkyl halides is 3. The van der Waals surface area contributed by atoms with Gasteiger partial charge >= 0.3 is 6.18 Å². The van der Waals surface area contributed by atoms with E-state index in [4.69, 9.17) is 0 Å². The van der Waals surface area contributed by atoms with Crippen molar-refractivity contribution in [2.45, 2.75) is 25.9 Å². The molecule has 0 radical (unpaired) electrons. The summed E-state index contributed by atoms with van der Waals surface area (Å²) in [4.78, 5) is 4.04. The summed E-state index contributed by atoms with van der Waals surface area (Å²) in [5.41, 5.74) is 0. The molecule has 0 fully saturated rings. The van der Waals surface area contributed by atoms with E-state index in [0.29, 0.717) is 19.5 Å². The van der Waals surface area contributed by atoms with E-state index in [0.717, 1.165) is 6.26 Å². The molecule has 0 aliphatic carbocycles. The number of hydrogen-bond acceptors (Lipinski definition) is 3. The van der Waals surface area contributed by atoms with Crippen LogP contribution in [-0.4, -0.2) is 53.0 Å². The summed E-state index contributed by atoms with van der Waals surface area (Å²) in [6.45, 7) is 2.62. The normalized spacial score (nSPS) is 13.3. The van der Waals surface area contributed by atoms with E-state index in [1.54, 1.807) is 6.92 Å². The van der Waals surface area contributed by atoms with Crippen LogP contribution in [0.2, 0.25) is 0 Å². The van der Waals surface area contributed by atoms with Gasteiger partial charge in [-0.1, -0.05) is 0 Å². The molecule has 0 bridgehead atoms. The minimum Gasteiger partial charge on any atom is -0.357 e. The maximum atomic E-state index is 12.0. The predicted molar refractivity (Wildman–Crippen MR) is 72.1 cm³/mol. The lowest BCUT2D eigenvalue weighted by molar-refractivity contribution is -0.132. The topological polar surface area (TPSA) is 82.6 Å². The molecule has 120 valence electrons. The van der Waals surface area contributed by atoms with Crippen molar-refractivity contribution in [3.8, 4) is 0 Å². The number of nitrogens with one attached hydrogen (secondary N) is 3. The number of nitrogens with zero attached hydrogens (tertiary/aromatic N) is 1. The Morgan fingerprint density at radius 2 is 1.85 bits per heavy atom. The van der Waals surface area contributed by atoms with E-state index in [9.17, 15) is 21.6 Å². The fourth-order valence-corrected chi connectivity index (χ4v) is 1.71. The molecule has 0 aromatic heterocycles. The summed E-state index contributed by atoms with van der Waals surface area (Å²) >= 11 is 0. The summed E-state index contributed by atoms with van der Waals surface area (Å²) in [5, 5.41) is 5.37. The third-order valence-electron chi connectivity index (χ3n) is 2.01. The van der Waals surface area contributed by atoms with Gasteiger partial charge in [0.1, 0.15) is 0 Å². The summed E-state index contributed by atoms with van der Waals surface area (Å²) in [7, 11) is -3.22. The van der Waals surface area contributed by atoms with E-state index in [2.05, 4.69) is 20.3 Å². The minimum atomic E-state index is -4.20. The maximum absolute atomic E-state index is 12.0. The van der Waals surface area contributed by atoms with Gasteiger partial charge in [0, 0.05) is 26.2 Å². The molecule has 3 N–H and O–H groups in total. The van der Waals surface area contributed by atoms with Crippen molar-refractivity contribution in [1.29, 1.82) is 0 Å². The van der Waals surface area contributed by atoms with Gasteiger partial charge in [-0.3, -0.25) is 4.99 Å². The first kappa shape index (κ1) is 19.0. The molecule has 0 unspecified atom stereocenters. The predicted octanol–water partition coefficient (Wildman–Crippen LogP) is 0.433. The Labute approximate surface area is 117 Å². The zero-order chi connectivity index (χ0) is 15.6. The molecule has 0 heterocycles. The van der Waals surface area contributed by atoms with Crippen molar-refractivity contribution >= 4 is 16.0 Å². The summed E-state index contributed by atoms with van der Waals surface area (Å²) in [6.07, 6.45) is -3.63. The Hall–Kier alpha value is -1.03. The third-order valence-corrected chi connectivity index (χ3v) is 2.74. The fraction of sp³-hybridized carbons (Fsp3) is 0.900. The van der Waals surface area contributed by atoms with Gasteiger partial charge < -0.3 is 10.6 Å². The molecule has 0 atom stereocenters. The van der Waals surface area contributed by atoms with Gasteiger partial charge in [-0.2, -0.15) is 13.2 Å². The first-order chi connectivity index (χ1) is 9.14. The second kappa shape index (κ2) is 9.01. The van der Waals surface area contributed by atoms with Crippen LogP contribution in [0.5, 0.6) is 0 Å². The second-order valence-corrected chi connectivity index (χ2v) is 5.91. The number of guanidine groups is 1. The van der Waals surface area contributed by atoms with Crippen LogP contribution in [0.25, 0.3) is 0 Å². The van der Waals surface area contributed by atoms with Gasteiger partial charge in [0.2, 0.25) is 10.0 Å². The van der Waals surface area contributed by atoms with Crippen LogP contribution < -0.4 is 15.4 Å². The highest BCUT2D eigenvalue weighted by molar-refractivity contribution is 7.88. The van der Waals surface area contributed by atoms with Crippen molar-refractivity contribution < 1.29 is 21.6 Å². The quantitative estimate of drug-likeness (QED) is 0.344. The molecule has 0 aromatic carbocycles. The Morgan fingerprint density at radius 1 is 1.20 bits per heavy atom. The fourth-order valence-electron chi connectivity index (χ4n) is 1.19. The van der Waals surface area contributed by atoms with Crippen LogP contribution in [-0.2, 0) is 10.0 Å². The number of halogens is 3. The second-order valence-electron chi connectivity index (χ2n) is 4.07. The van der Waals surface area contributed by atoms with Crippen molar-refractivity contribution in [2.24, 2.45) is 4.99 Å². The Kier molecular flexibility index (Phi) is 8.54. The lowest BCUT2D eigenvalue weighted by Gasteiger charge is -2.12. The van der Waals surface area contributed by atoms with Crippen LogP contribution >= 0.6 is 0 Å². The lowest BCUT2D eigenvalue weighted by Crippen LogP contribution is -2.39. The van der Waals surface area contributed by atoms with Gasteiger partial charge in [0.25, 0.3) is 0 Å². The van der Waals surface area contributed by atoms with E-state index in [1.807, 2.05) is 0 Å².